The van der Waals surface area contributed by atoms with Gasteiger partial charge in [0.25, 0.3) is 0 Å². The van der Waals surface area contributed by atoms with Crippen LogP contribution in [-0.4, -0.2) is 23.9 Å². The zero-order valence-corrected chi connectivity index (χ0v) is 11.9. The quantitative estimate of drug-likeness (QED) is 0.649. The minimum Gasteiger partial charge on any atom is -0.370 e. The SMILES string of the molecule is CN(Cc1ccc(Cl)c(Cl)c1)C(=O)N=C(N)N.Cl. The fraction of sp³-hybridized carbons (Fsp3) is 0.200. The van der Waals surface area contributed by atoms with Crippen molar-refractivity contribution in [2.75, 3.05) is 7.05 Å². The van der Waals surface area contributed by atoms with E-state index in [9.17, 15) is 4.79 Å². The minimum absolute atomic E-state index is 0. The number of urea groups is 1. The highest BCUT2D eigenvalue weighted by atomic mass is 35.5. The van der Waals surface area contributed by atoms with Gasteiger partial charge in [-0.05, 0) is 17.7 Å². The van der Waals surface area contributed by atoms with E-state index < -0.39 is 6.03 Å². The van der Waals surface area contributed by atoms with Crippen LogP contribution >= 0.6 is 35.6 Å². The Labute approximate surface area is 121 Å². The number of benzene rings is 1. The van der Waals surface area contributed by atoms with E-state index in [-0.39, 0.29) is 18.4 Å². The standard InChI is InChI=1S/C10H12Cl2N4O.ClH/c1-16(10(17)15-9(13)14)5-6-2-3-7(11)8(12)4-6;/h2-4H,5H2,1H3,(H4,13,14,15,17);1H. The van der Waals surface area contributed by atoms with Gasteiger partial charge in [-0.15, -0.1) is 12.4 Å². The van der Waals surface area contributed by atoms with Crippen molar-refractivity contribution in [2.24, 2.45) is 16.5 Å². The summed E-state index contributed by atoms with van der Waals surface area (Å²) in [5.41, 5.74) is 11.1. The average molecular weight is 312 g/mol. The number of nitrogens with two attached hydrogens (primary N) is 2. The average Bonchev–Trinajstić information content (AvgIpc) is 2.22. The molecule has 0 unspecified atom stereocenters. The van der Waals surface area contributed by atoms with E-state index in [0.717, 1.165) is 5.56 Å². The molecule has 0 spiro atoms. The van der Waals surface area contributed by atoms with Crippen LogP contribution in [0.25, 0.3) is 0 Å². The van der Waals surface area contributed by atoms with Crippen molar-refractivity contribution in [3.8, 4) is 0 Å². The number of carbonyl (C=O) groups excluding carboxylic acids is 1. The van der Waals surface area contributed by atoms with Crippen molar-refractivity contribution in [2.45, 2.75) is 6.54 Å². The molecule has 18 heavy (non-hydrogen) atoms. The van der Waals surface area contributed by atoms with Gasteiger partial charge < -0.3 is 16.4 Å². The lowest BCUT2D eigenvalue weighted by atomic mass is 10.2. The number of aliphatic imine (C=N–C) groups is 1. The summed E-state index contributed by atoms with van der Waals surface area (Å²) in [6.07, 6.45) is 0. The van der Waals surface area contributed by atoms with Crippen LogP contribution < -0.4 is 11.5 Å². The van der Waals surface area contributed by atoms with E-state index >= 15 is 0 Å². The monoisotopic (exact) mass is 310 g/mol. The van der Waals surface area contributed by atoms with Gasteiger partial charge in [-0.3, -0.25) is 0 Å². The molecule has 2 amide bonds. The van der Waals surface area contributed by atoms with Crippen molar-refractivity contribution in [3.05, 3.63) is 33.8 Å². The number of hydrogen-bond acceptors (Lipinski definition) is 1. The van der Waals surface area contributed by atoms with E-state index in [0.29, 0.717) is 16.6 Å². The zero-order chi connectivity index (χ0) is 13.0. The molecule has 0 aliphatic carbocycles. The molecule has 0 aromatic heterocycles. The maximum atomic E-state index is 11.4. The predicted molar refractivity (Wildman–Crippen MR) is 76.4 cm³/mol. The molecule has 4 N–H and O–H groups in total. The third-order valence-corrected chi connectivity index (χ3v) is 2.69. The van der Waals surface area contributed by atoms with Gasteiger partial charge in [-0.1, -0.05) is 29.3 Å². The van der Waals surface area contributed by atoms with Gasteiger partial charge in [0.2, 0.25) is 0 Å². The summed E-state index contributed by atoms with van der Waals surface area (Å²) >= 11 is 11.6. The number of halogens is 3. The van der Waals surface area contributed by atoms with Gasteiger partial charge in [-0.25, -0.2) is 4.79 Å². The molecule has 5 nitrogen and oxygen atoms in total. The maximum absolute atomic E-state index is 11.4. The summed E-state index contributed by atoms with van der Waals surface area (Å²) in [6.45, 7) is 0.340. The molecule has 0 saturated heterocycles. The maximum Gasteiger partial charge on any atom is 0.346 e. The van der Waals surface area contributed by atoms with Gasteiger partial charge >= 0.3 is 6.03 Å². The molecule has 0 aliphatic heterocycles. The van der Waals surface area contributed by atoms with E-state index in [1.54, 1.807) is 25.2 Å². The van der Waals surface area contributed by atoms with Crippen LogP contribution in [0.2, 0.25) is 10.0 Å². The second kappa shape index (κ2) is 7.31. The molecule has 0 bridgehead atoms. The van der Waals surface area contributed by atoms with Gasteiger partial charge in [0, 0.05) is 13.6 Å². The van der Waals surface area contributed by atoms with Crippen molar-refractivity contribution in [1.29, 1.82) is 0 Å². The zero-order valence-electron chi connectivity index (χ0n) is 9.56. The molecule has 0 fully saturated rings. The molecular formula is C10H13Cl3N4O. The highest BCUT2D eigenvalue weighted by Gasteiger charge is 2.09. The third-order valence-electron chi connectivity index (χ3n) is 1.96. The van der Waals surface area contributed by atoms with Crippen LogP contribution in [0.5, 0.6) is 0 Å². The van der Waals surface area contributed by atoms with E-state index in [1.807, 2.05) is 0 Å². The number of guanidine groups is 1. The van der Waals surface area contributed by atoms with Gasteiger partial charge in [0.05, 0.1) is 10.0 Å². The molecule has 100 valence electrons. The lowest BCUT2D eigenvalue weighted by Gasteiger charge is -2.14. The molecule has 0 heterocycles. The van der Waals surface area contributed by atoms with Crippen molar-refractivity contribution in [1.82, 2.24) is 4.90 Å². The Balaban J connectivity index is 0.00000289. The third kappa shape index (κ3) is 5.00. The highest BCUT2D eigenvalue weighted by molar-refractivity contribution is 6.42. The number of rotatable bonds is 2. The second-order valence-corrected chi connectivity index (χ2v) is 4.24. The molecule has 1 aromatic carbocycles. The van der Waals surface area contributed by atoms with Gasteiger partial charge in [-0.2, -0.15) is 4.99 Å². The summed E-state index contributed by atoms with van der Waals surface area (Å²) in [5, 5.41) is 0.903. The summed E-state index contributed by atoms with van der Waals surface area (Å²) in [5.74, 6) is -0.268. The summed E-state index contributed by atoms with van der Waals surface area (Å²) in [6, 6.07) is 4.60. The van der Waals surface area contributed by atoms with E-state index in [2.05, 4.69) is 4.99 Å². The molecular weight excluding hydrogens is 298 g/mol. The number of hydrogen-bond donors (Lipinski definition) is 2. The van der Waals surface area contributed by atoms with Gasteiger partial charge in [0.15, 0.2) is 5.96 Å². The molecule has 1 aromatic rings. The predicted octanol–water partition coefficient (Wildman–Crippen LogP) is 2.24. The van der Waals surface area contributed by atoms with E-state index in [4.69, 9.17) is 34.7 Å². The smallest absolute Gasteiger partial charge is 0.346 e. The molecule has 1 rings (SSSR count). The Morgan fingerprint density at radius 2 is 1.94 bits per heavy atom. The number of carbonyl (C=O) groups is 1. The van der Waals surface area contributed by atoms with Crippen molar-refractivity contribution < 1.29 is 4.79 Å². The lowest BCUT2D eigenvalue weighted by molar-refractivity contribution is 0.217. The topological polar surface area (TPSA) is 84.7 Å². The fourth-order valence-corrected chi connectivity index (χ4v) is 1.50. The Morgan fingerprint density at radius 3 is 2.44 bits per heavy atom. The van der Waals surface area contributed by atoms with Gasteiger partial charge in [0.1, 0.15) is 0 Å². The number of nitrogens with zero attached hydrogens (tertiary/aromatic N) is 2. The van der Waals surface area contributed by atoms with E-state index in [1.165, 1.54) is 4.90 Å². The first kappa shape index (κ1) is 16.8. The molecule has 0 aliphatic rings. The highest BCUT2D eigenvalue weighted by Crippen LogP contribution is 2.23. The molecule has 8 heteroatoms. The first-order valence-electron chi connectivity index (χ1n) is 4.69. The normalized spacial score (nSPS) is 9.28. The molecule has 0 saturated carbocycles. The minimum atomic E-state index is -0.518. The number of amides is 2. The molecule has 0 atom stereocenters. The summed E-state index contributed by atoms with van der Waals surface area (Å²) in [4.78, 5) is 16.2. The van der Waals surface area contributed by atoms with Crippen LogP contribution in [0, 0.1) is 0 Å². The fourth-order valence-electron chi connectivity index (χ4n) is 1.18. The van der Waals surface area contributed by atoms with Crippen LogP contribution in [0.3, 0.4) is 0 Å². The first-order chi connectivity index (χ1) is 7.90. The Morgan fingerprint density at radius 1 is 1.33 bits per heavy atom. The lowest BCUT2D eigenvalue weighted by Crippen LogP contribution is -2.29. The second-order valence-electron chi connectivity index (χ2n) is 3.42. The Kier molecular flexibility index (Phi) is 6.83. The Hall–Kier alpha value is -1.17. The largest absolute Gasteiger partial charge is 0.370 e. The van der Waals surface area contributed by atoms with Crippen molar-refractivity contribution in [3.63, 3.8) is 0 Å². The van der Waals surface area contributed by atoms with Crippen LogP contribution in [0.1, 0.15) is 5.56 Å². The van der Waals surface area contributed by atoms with Crippen LogP contribution in [0.15, 0.2) is 23.2 Å². The first-order valence-corrected chi connectivity index (χ1v) is 5.44. The van der Waals surface area contributed by atoms with Crippen LogP contribution in [-0.2, 0) is 6.54 Å². The van der Waals surface area contributed by atoms with Crippen LogP contribution in [0.4, 0.5) is 4.79 Å². The van der Waals surface area contributed by atoms with Crippen molar-refractivity contribution >= 4 is 47.6 Å². The Bertz CT molecular complexity index is 460. The summed E-state index contributed by atoms with van der Waals surface area (Å²) in [7, 11) is 1.58. The summed E-state index contributed by atoms with van der Waals surface area (Å²) < 4.78 is 0. The molecule has 0 radical (unpaired) electrons.